The van der Waals surface area contributed by atoms with Crippen LogP contribution in [0.1, 0.15) is 23.5 Å². The summed E-state index contributed by atoms with van der Waals surface area (Å²) in [6, 6.07) is 12.2. The van der Waals surface area contributed by atoms with E-state index in [0.717, 1.165) is 5.56 Å². The Labute approximate surface area is 188 Å². The van der Waals surface area contributed by atoms with Crippen molar-refractivity contribution < 1.29 is 14.3 Å². The molecule has 9 nitrogen and oxygen atoms in total. The average molecular weight is 454 g/mol. The summed E-state index contributed by atoms with van der Waals surface area (Å²) in [5.74, 6) is -1.32. The Morgan fingerprint density at radius 2 is 2.03 bits per heavy atom. The van der Waals surface area contributed by atoms with Crippen LogP contribution in [0.4, 0.5) is 23.1 Å². The first-order valence-electron chi connectivity index (χ1n) is 9.76. The van der Waals surface area contributed by atoms with Gasteiger partial charge in [0.15, 0.2) is 0 Å². The Balaban J connectivity index is 1.65. The number of rotatable bonds is 5. The number of amides is 2. The van der Waals surface area contributed by atoms with E-state index in [-0.39, 0.29) is 23.8 Å². The van der Waals surface area contributed by atoms with Crippen LogP contribution in [-0.2, 0) is 9.59 Å². The van der Waals surface area contributed by atoms with Gasteiger partial charge >= 0.3 is 0 Å². The molecule has 2 heterocycles. The number of methoxy groups -OCH3 is 1. The summed E-state index contributed by atoms with van der Waals surface area (Å²) in [5.41, 5.74) is 1.53. The minimum atomic E-state index is -1.01. The number of hydrogen-bond donors (Lipinski definition) is 4. The third-order valence-electron chi connectivity index (χ3n) is 4.97. The normalized spacial score (nSPS) is 14.8. The van der Waals surface area contributed by atoms with E-state index in [2.05, 4.69) is 25.9 Å². The first-order chi connectivity index (χ1) is 15.3. The molecule has 1 aliphatic rings. The number of aromatic nitrogens is 2. The van der Waals surface area contributed by atoms with E-state index in [1.807, 2.05) is 13.0 Å². The highest BCUT2D eigenvalue weighted by Crippen LogP contribution is 2.32. The lowest BCUT2D eigenvalue weighted by Gasteiger charge is -2.24. The SMILES string of the molecule is COc1ccc(C)cc1NC(=O)[C@H]1CC(=O)Nc2nc(Nc3cccc(Cl)c3)[nH]c(=O)c21. The second kappa shape index (κ2) is 8.72. The second-order valence-electron chi connectivity index (χ2n) is 7.31. The second-order valence-corrected chi connectivity index (χ2v) is 7.75. The maximum absolute atomic E-state index is 13.1. The van der Waals surface area contributed by atoms with Crippen molar-refractivity contribution in [3.05, 3.63) is 69.0 Å². The number of benzene rings is 2. The van der Waals surface area contributed by atoms with Gasteiger partial charge in [-0.2, -0.15) is 4.98 Å². The summed E-state index contributed by atoms with van der Waals surface area (Å²) in [5, 5.41) is 8.79. The smallest absolute Gasteiger partial charge is 0.258 e. The summed E-state index contributed by atoms with van der Waals surface area (Å²) < 4.78 is 5.29. The Kier molecular flexibility index (Phi) is 5.83. The third-order valence-corrected chi connectivity index (χ3v) is 5.20. The Bertz CT molecular complexity index is 1270. The quantitative estimate of drug-likeness (QED) is 0.468. The van der Waals surface area contributed by atoms with Crippen LogP contribution >= 0.6 is 11.6 Å². The fraction of sp³-hybridized carbons (Fsp3) is 0.182. The van der Waals surface area contributed by atoms with Crippen LogP contribution in [0.5, 0.6) is 5.75 Å². The third kappa shape index (κ3) is 4.42. The summed E-state index contributed by atoms with van der Waals surface area (Å²) >= 11 is 5.99. The van der Waals surface area contributed by atoms with E-state index in [4.69, 9.17) is 16.3 Å². The standard InChI is InChI=1S/C22H20ClN5O4/c1-11-6-7-16(32-2)15(8-11)25-20(30)14-10-17(29)26-19-18(14)21(31)28-22(27-19)24-13-5-3-4-12(23)9-13/h3-9,14H,10H2,1-2H3,(H,25,30)(H3,24,26,27,28,29,31)/t14-/m0/s1. The van der Waals surface area contributed by atoms with E-state index in [1.165, 1.54) is 7.11 Å². The number of aromatic amines is 1. The van der Waals surface area contributed by atoms with Crippen LogP contribution < -0.4 is 26.2 Å². The molecule has 164 valence electrons. The highest BCUT2D eigenvalue weighted by Gasteiger charge is 2.35. The molecule has 2 aromatic carbocycles. The molecule has 10 heteroatoms. The number of ether oxygens (including phenoxy) is 1. The van der Waals surface area contributed by atoms with Gasteiger partial charge in [-0.25, -0.2) is 0 Å². The number of aryl methyl sites for hydroxylation is 1. The first-order valence-corrected chi connectivity index (χ1v) is 10.1. The van der Waals surface area contributed by atoms with Crippen LogP contribution in [0, 0.1) is 6.92 Å². The molecule has 0 saturated heterocycles. The largest absolute Gasteiger partial charge is 0.495 e. The molecule has 0 saturated carbocycles. The number of anilines is 4. The zero-order valence-electron chi connectivity index (χ0n) is 17.3. The molecule has 32 heavy (non-hydrogen) atoms. The van der Waals surface area contributed by atoms with Crippen molar-refractivity contribution in [2.24, 2.45) is 0 Å². The van der Waals surface area contributed by atoms with Gasteiger partial charge in [0.25, 0.3) is 5.56 Å². The maximum Gasteiger partial charge on any atom is 0.258 e. The van der Waals surface area contributed by atoms with Crippen molar-refractivity contribution in [3.8, 4) is 5.75 Å². The van der Waals surface area contributed by atoms with Crippen molar-refractivity contribution in [3.63, 3.8) is 0 Å². The van der Waals surface area contributed by atoms with Crippen molar-refractivity contribution in [2.45, 2.75) is 19.3 Å². The molecule has 1 aliphatic heterocycles. The van der Waals surface area contributed by atoms with Crippen molar-refractivity contribution in [1.29, 1.82) is 0 Å². The molecule has 0 radical (unpaired) electrons. The van der Waals surface area contributed by atoms with Gasteiger partial charge in [-0.05, 0) is 42.8 Å². The number of carbonyl (C=O) groups is 2. The molecule has 4 N–H and O–H groups in total. The van der Waals surface area contributed by atoms with Gasteiger partial charge in [0.05, 0.1) is 24.3 Å². The van der Waals surface area contributed by atoms with Gasteiger partial charge in [-0.15, -0.1) is 0 Å². The lowest BCUT2D eigenvalue weighted by molar-refractivity contribution is -0.123. The maximum atomic E-state index is 13.1. The Morgan fingerprint density at radius 3 is 2.78 bits per heavy atom. The number of nitrogens with one attached hydrogen (secondary N) is 4. The van der Waals surface area contributed by atoms with Crippen molar-refractivity contribution in [1.82, 2.24) is 9.97 Å². The minimum absolute atomic E-state index is 0.0332. The molecule has 0 bridgehead atoms. The predicted octanol–water partition coefficient (Wildman–Crippen LogP) is 3.55. The van der Waals surface area contributed by atoms with Crippen LogP contribution in [0.2, 0.25) is 5.02 Å². The van der Waals surface area contributed by atoms with Gasteiger partial charge in [0.1, 0.15) is 11.6 Å². The van der Waals surface area contributed by atoms with E-state index in [9.17, 15) is 14.4 Å². The molecule has 4 rings (SSSR count). The number of fused-ring (bicyclic) bond motifs is 1. The van der Waals surface area contributed by atoms with Crippen LogP contribution in [0.3, 0.4) is 0 Å². The predicted molar refractivity (Wildman–Crippen MR) is 122 cm³/mol. The topological polar surface area (TPSA) is 125 Å². The number of halogens is 1. The van der Waals surface area contributed by atoms with Crippen molar-refractivity contribution in [2.75, 3.05) is 23.1 Å². The monoisotopic (exact) mass is 453 g/mol. The zero-order valence-corrected chi connectivity index (χ0v) is 18.0. The van der Waals surface area contributed by atoms with Gasteiger partial charge in [0.2, 0.25) is 17.8 Å². The molecular weight excluding hydrogens is 434 g/mol. The molecule has 0 aliphatic carbocycles. The molecular formula is C22H20ClN5O4. The zero-order chi connectivity index (χ0) is 22.8. The fourth-order valence-corrected chi connectivity index (χ4v) is 3.69. The van der Waals surface area contributed by atoms with Crippen molar-refractivity contribution >= 4 is 46.6 Å². The lowest BCUT2D eigenvalue weighted by Crippen LogP contribution is -2.36. The minimum Gasteiger partial charge on any atom is -0.495 e. The van der Waals surface area contributed by atoms with Crippen LogP contribution in [-0.4, -0.2) is 28.9 Å². The molecule has 2 amide bonds. The summed E-state index contributed by atoms with van der Waals surface area (Å²) in [6.07, 6.45) is -0.182. The number of hydrogen-bond acceptors (Lipinski definition) is 6. The molecule has 1 atom stereocenters. The summed E-state index contributed by atoms with van der Waals surface area (Å²) in [7, 11) is 1.49. The van der Waals surface area contributed by atoms with Gasteiger partial charge in [-0.1, -0.05) is 23.7 Å². The van der Waals surface area contributed by atoms with E-state index >= 15 is 0 Å². The highest BCUT2D eigenvalue weighted by molar-refractivity contribution is 6.30. The summed E-state index contributed by atoms with van der Waals surface area (Å²) in [6.45, 7) is 1.88. The van der Waals surface area contributed by atoms with E-state index in [0.29, 0.717) is 22.1 Å². The van der Waals surface area contributed by atoms with E-state index < -0.39 is 23.3 Å². The van der Waals surface area contributed by atoms with Crippen LogP contribution in [0.15, 0.2) is 47.3 Å². The number of carbonyl (C=O) groups excluding carboxylic acids is 2. The van der Waals surface area contributed by atoms with Gasteiger partial charge in [-0.3, -0.25) is 19.4 Å². The highest BCUT2D eigenvalue weighted by atomic mass is 35.5. The van der Waals surface area contributed by atoms with Gasteiger partial charge in [0, 0.05) is 17.1 Å². The van der Waals surface area contributed by atoms with E-state index in [1.54, 1.807) is 36.4 Å². The Morgan fingerprint density at radius 1 is 1.22 bits per heavy atom. The van der Waals surface area contributed by atoms with Crippen LogP contribution in [0.25, 0.3) is 0 Å². The molecule has 3 aromatic rings. The van der Waals surface area contributed by atoms with Gasteiger partial charge < -0.3 is 20.7 Å². The fourth-order valence-electron chi connectivity index (χ4n) is 3.50. The Hall–Kier alpha value is -3.85. The first kappa shape index (κ1) is 21.4. The average Bonchev–Trinajstić information content (AvgIpc) is 2.73. The lowest BCUT2D eigenvalue weighted by atomic mass is 9.92. The molecule has 1 aromatic heterocycles. The summed E-state index contributed by atoms with van der Waals surface area (Å²) in [4.78, 5) is 45.1. The molecule has 0 fully saturated rings. The molecule has 0 spiro atoms. The number of H-pyrrole nitrogens is 1. The number of nitrogens with zero attached hydrogens (tertiary/aromatic N) is 1. The molecule has 0 unspecified atom stereocenters.